The van der Waals surface area contributed by atoms with Gasteiger partial charge in [0.2, 0.25) is 23.6 Å². The quantitative estimate of drug-likeness (QED) is 0.0874. The van der Waals surface area contributed by atoms with Crippen molar-refractivity contribution in [2.45, 2.75) is 110 Å². The Bertz CT molecular complexity index is 2330. The summed E-state index contributed by atoms with van der Waals surface area (Å²) < 4.78 is 0. The summed E-state index contributed by atoms with van der Waals surface area (Å²) in [7, 11) is 0. The molecule has 4 amide bonds. The highest BCUT2D eigenvalue weighted by atomic mass is 32.1. The van der Waals surface area contributed by atoms with Crippen molar-refractivity contribution in [3.05, 3.63) is 82.6 Å². The van der Waals surface area contributed by atoms with Gasteiger partial charge in [-0.2, -0.15) is 0 Å². The highest BCUT2D eigenvalue weighted by Gasteiger charge is 2.44. The number of carbonyl (C=O) groups excluding carboxylic acids is 4. The molecule has 0 spiro atoms. The number of amides is 4. The van der Waals surface area contributed by atoms with Crippen LogP contribution in [0.1, 0.15) is 81.8 Å². The lowest BCUT2D eigenvalue weighted by atomic mass is 9.85. The van der Waals surface area contributed by atoms with E-state index in [1.54, 1.807) is 29.5 Å². The summed E-state index contributed by atoms with van der Waals surface area (Å²) in [5.41, 5.74) is 8.06. The van der Waals surface area contributed by atoms with Crippen LogP contribution in [0.25, 0.3) is 32.7 Å². The van der Waals surface area contributed by atoms with Crippen LogP contribution in [0, 0.1) is 12.3 Å². The number of aromatic hydroxyl groups is 1. The van der Waals surface area contributed by atoms with Crippen molar-refractivity contribution in [1.29, 1.82) is 0 Å². The predicted octanol–water partition coefficient (Wildman–Crippen LogP) is 5.11. The molecule has 0 saturated carbocycles. The molecule has 0 bridgehead atoms. The maximum absolute atomic E-state index is 14.0. The number of hydrogen-bond acceptors (Lipinski definition) is 10. The number of aryl methyl sites for hydroxylation is 2. The SMILES string of the molecule is Cc1ncsc1-c1ccc(CNC(=O)[C@@H]2C[C@@H](O)CN2C(=O)[C@@H](NC(=O)CCCCC(=O)N[C@@H]2CCc3[nH]c4nnc(-c5ccccc5O)cc4c3C2)C(C)(C)C)cc1. The standard InChI is InChI=1S/C44H52N8O6S/c1-25-39(59-24-46-25)27-15-13-26(14-16-27)22-45-42(57)35-20-29(53)23-52(35)43(58)40(44(2,3)4)49-38(56)12-8-7-11-37(55)47-28-17-18-33-31(19-28)32-21-34(50-51-41(32)48-33)30-9-5-6-10-36(30)54/h5-6,9-10,13-16,21,24,28-29,35,40,53-54H,7-8,11-12,17-20,22-23H2,1-4H3,(H,45,57)(H,47,55)(H,48,51)(H,49,56)/t28-,29-,35+,40-/m1/s1. The van der Waals surface area contributed by atoms with E-state index < -0.39 is 29.5 Å². The van der Waals surface area contributed by atoms with Gasteiger partial charge in [-0.05, 0) is 79.3 Å². The van der Waals surface area contributed by atoms with E-state index in [2.05, 4.69) is 36.1 Å². The molecule has 0 unspecified atom stereocenters. The first-order valence-corrected chi connectivity index (χ1v) is 21.1. The second-order valence-electron chi connectivity index (χ2n) is 16.7. The number of benzene rings is 2. The molecular formula is C44H52N8O6S. The van der Waals surface area contributed by atoms with Crippen molar-refractivity contribution in [2.24, 2.45) is 5.41 Å². The molecule has 2 aromatic carbocycles. The number of carbonyl (C=O) groups is 4. The van der Waals surface area contributed by atoms with Gasteiger partial charge in [0.1, 0.15) is 17.8 Å². The van der Waals surface area contributed by atoms with Gasteiger partial charge < -0.3 is 36.0 Å². The highest BCUT2D eigenvalue weighted by Crippen LogP contribution is 2.33. The molecule has 4 heterocycles. The van der Waals surface area contributed by atoms with Gasteiger partial charge >= 0.3 is 0 Å². The molecule has 1 fully saturated rings. The van der Waals surface area contributed by atoms with Crippen LogP contribution in [0.15, 0.2) is 60.1 Å². The maximum Gasteiger partial charge on any atom is 0.246 e. The monoisotopic (exact) mass is 820 g/mol. The Morgan fingerprint density at radius 2 is 1.76 bits per heavy atom. The number of aliphatic hydroxyl groups is 1. The largest absolute Gasteiger partial charge is 0.507 e. The summed E-state index contributed by atoms with van der Waals surface area (Å²) in [5, 5.41) is 39.5. The number of likely N-dealkylation sites (tertiary alicyclic amines) is 1. The van der Waals surface area contributed by atoms with Gasteiger partial charge in [-0.25, -0.2) is 4.98 Å². The summed E-state index contributed by atoms with van der Waals surface area (Å²) in [6.07, 6.45) is 2.73. The van der Waals surface area contributed by atoms with Crippen LogP contribution >= 0.6 is 11.3 Å². The van der Waals surface area contributed by atoms with E-state index in [0.717, 1.165) is 51.2 Å². The molecule has 1 saturated heterocycles. The van der Waals surface area contributed by atoms with Crippen molar-refractivity contribution in [2.75, 3.05) is 6.54 Å². The first-order chi connectivity index (χ1) is 28.2. The van der Waals surface area contributed by atoms with Crippen LogP contribution in [-0.2, 0) is 38.6 Å². The van der Waals surface area contributed by atoms with Crippen molar-refractivity contribution >= 4 is 46.0 Å². The zero-order chi connectivity index (χ0) is 41.8. The topological polar surface area (TPSA) is 203 Å². The molecule has 2 aliphatic rings. The van der Waals surface area contributed by atoms with E-state index in [4.69, 9.17) is 0 Å². The fourth-order valence-corrected chi connectivity index (χ4v) is 8.85. The van der Waals surface area contributed by atoms with Gasteiger partial charge in [0.05, 0.1) is 27.9 Å². The number of nitrogens with one attached hydrogen (secondary N) is 4. The zero-order valence-corrected chi connectivity index (χ0v) is 34.7. The Balaban J connectivity index is 0.877. The third-order valence-electron chi connectivity index (χ3n) is 11.3. The summed E-state index contributed by atoms with van der Waals surface area (Å²) >= 11 is 1.57. The van der Waals surface area contributed by atoms with E-state index >= 15 is 0 Å². The van der Waals surface area contributed by atoms with Crippen LogP contribution in [0.5, 0.6) is 5.75 Å². The number of aromatic amines is 1. The molecule has 1 aliphatic heterocycles. The van der Waals surface area contributed by atoms with E-state index in [1.807, 2.05) is 69.6 Å². The zero-order valence-electron chi connectivity index (χ0n) is 33.9. The number of hydrogen-bond donors (Lipinski definition) is 6. The Labute approximate surface area is 347 Å². The number of phenols is 1. The molecule has 14 nitrogen and oxygen atoms in total. The molecule has 3 aromatic heterocycles. The fourth-order valence-electron chi connectivity index (χ4n) is 8.04. The normalized spacial score (nSPS) is 18.3. The molecule has 7 rings (SSSR count). The van der Waals surface area contributed by atoms with Crippen LogP contribution in [0.2, 0.25) is 0 Å². The highest BCUT2D eigenvalue weighted by molar-refractivity contribution is 7.13. The van der Waals surface area contributed by atoms with Gasteiger partial charge in [0.25, 0.3) is 0 Å². The Morgan fingerprint density at radius 1 is 1.02 bits per heavy atom. The summed E-state index contributed by atoms with van der Waals surface area (Å²) in [4.78, 5) is 63.9. The van der Waals surface area contributed by atoms with E-state index in [1.165, 1.54) is 4.90 Å². The van der Waals surface area contributed by atoms with E-state index in [-0.39, 0.29) is 61.9 Å². The average Bonchev–Trinajstić information content (AvgIpc) is 3.93. The maximum atomic E-state index is 14.0. The molecule has 59 heavy (non-hydrogen) atoms. The van der Waals surface area contributed by atoms with Gasteiger partial charge in [0.15, 0.2) is 5.65 Å². The minimum Gasteiger partial charge on any atom is -0.507 e. The number of phenolic OH excluding ortho intramolecular Hbond substituents is 1. The second-order valence-corrected chi connectivity index (χ2v) is 17.6. The minimum atomic E-state index is -0.928. The average molecular weight is 821 g/mol. The summed E-state index contributed by atoms with van der Waals surface area (Å²) in [6, 6.07) is 14.9. The van der Waals surface area contributed by atoms with Crippen LogP contribution in [-0.4, -0.2) is 89.7 Å². The van der Waals surface area contributed by atoms with Crippen molar-refractivity contribution < 1.29 is 29.4 Å². The number of aromatic nitrogens is 4. The molecule has 310 valence electrons. The number of para-hydroxylation sites is 1. The number of H-pyrrole nitrogens is 1. The lowest BCUT2D eigenvalue weighted by molar-refractivity contribution is -0.144. The smallest absolute Gasteiger partial charge is 0.246 e. The molecule has 4 atom stereocenters. The molecule has 5 aromatic rings. The van der Waals surface area contributed by atoms with Crippen LogP contribution in [0.4, 0.5) is 0 Å². The lowest BCUT2D eigenvalue weighted by Crippen LogP contribution is -2.57. The number of nitrogens with zero attached hydrogens (tertiary/aromatic N) is 4. The Hall–Kier alpha value is -5.67. The number of unbranched alkanes of at least 4 members (excludes halogenated alkanes) is 1. The number of rotatable bonds is 13. The minimum absolute atomic E-state index is 0.00658. The molecule has 6 N–H and O–H groups in total. The number of β-amino-alcohol motifs (C(OH)–C–C–N with tert-alkyl or cyclic N) is 1. The summed E-state index contributed by atoms with van der Waals surface area (Å²) in [5.74, 6) is -1.06. The van der Waals surface area contributed by atoms with Gasteiger partial charge in [-0.3, -0.25) is 19.2 Å². The Kier molecular flexibility index (Phi) is 12.4. The fraction of sp³-hybridized carbons (Fsp3) is 0.432. The lowest BCUT2D eigenvalue weighted by Gasteiger charge is -2.35. The Morgan fingerprint density at radius 3 is 2.47 bits per heavy atom. The third kappa shape index (κ3) is 9.63. The third-order valence-corrected chi connectivity index (χ3v) is 12.2. The predicted molar refractivity (Wildman–Crippen MR) is 225 cm³/mol. The number of aliphatic hydroxyl groups excluding tert-OH is 1. The van der Waals surface area contributed by atoms with Crippen molar-refractivity contribution in [3.8, 4) is 27.4 Å². The van der Waals surface area contributed by atoms with Gasteiger partial charge in [-0.1, -0.05) is 57.2 Å². The van der Waals surface area contributed by atoms with Crippen molar-refractivity contribution in [3.63, 3.8) is 0 Å². The second kappa shape index (κ2) is 17.7. The van der Waals surface area contributed by atoms with Crippen molar-refractivity contribution in [1.82, 2.24) is 41.0 Å². The van der Waals surface area contributed by atoms with Gasteiger partial charge in [-0.15, -0.1) is 21.5 Å². The molecular weight excluding hydrogens is 769 g/mol. The van der Waals surface area contributed by atoms with E-state index in [0.29, 0.717) is 36.2 Å². The van der Waals surface area contributed by atoms with E-state index in [9.17, 15) is 29.4 Å². The number of thiazole rings is 1. The van der Waals surface area contributed by atoms with Gasteiger partial charge in [0, 0.05) is 55.0 Å². The van der Waals surface area contributed by atoms with Crippen LogP contribution in [0.3, 0.4) is 0 Å². The molecule has 15 heteroatoms. The first kappa shape index (κ1) is 41.5. The number of fused-ring (bicyclic) bond motifs is 3. The first-order valence-electron chi connectivity index (χ1n) is 20.2. The van der Waals surface area contributed by atoms with Crippen LogP contribution < -0.4 is 16.0 Å². The summed E-state index contributed by atoms with van der Waals surface area (Å²) in [6.45, 7) is 7.77. The molecule has 1 aliphatic carbocycles. The molecule has 0 radical (unpaired) electrons.